The Morgan fingerprint density at radius 1 is 0.149 bits per heavy atom. The van der Waals surface area contributed by atoms with Gasteiger partial charge in [0.15, 0.2) is 44.1 Å². The van der Waals surface area contributed by atoms with E-state index in [0.717, 1.165) is 142 Å². The highest BCUT2D eigenvalue weighted by atomic mass is 32.2. The van der Waals surface area contributed by atoms with Crippen molar-refractivity contribution in [1.82, 2.24) is 0 Å². The molecule has 15 fully saturated rings. The minimum Gasteiger partial charge on any atom is -0.0619 e. The maximum absolute atomic E-state index is 2.58. The molecule has 0 N–H and O–H groups in total. The van der Waals surface area contributed by atoms with Crippen molar-refractivity contribution in [2.24, 2.45) is 107 Å². The first-order valence-electron chi connectivity index (χ1n) is 47.5. The molecule has 114 heavy (non-hydrogen) atoms. The summed E-state index contributed by atoms with van der Waals surface area (Å²) in [6.07, 6.45) is 48.7. The normalized spacial score (nSPS) is 35.5. The lowest BCUT2D eigenvalue weighted by molar-refractivity contribution is 0.232. The number of fused-ring (bicyclic) bond motifs is 21. The van der Waals surface area contributed by atoms with Gasteiger partial charge in [0.25, 0.3) is 0 Å². The van der Waals surface area contributed by atoms with Gasteiger partial charge in [-0.25, -0.2) is 0 Å². The van der Waals surface area contributed by atoms with Crippen molar-refractivity contribution in [1.29, 1.82) is 0 Å². The third kappa shape index (κ3) is 14.2. The summed E-state index contributed by atoms with van der Waals surface area (Å²) in [5, 5.41) is 0. The molecular formula is C111H129S3+3. The largest absolute Gasteiger partial charge is 0.166 e. The minimum absolute atomic E-state index is 0.0340. The van der Waals surface area contributed by atoms with Gasteiger partial charge < -0.3 is 0 Å². The van der Waals surface area contributed by atoms with Crippen LogP contribution in [0.2, 0.25) is 0 Å². The molecule has 9 aromatic carbocycles. The van der Waals surface area contributed by atoms with Crippen molar-refractivity contribution in [3.63, 3.8) is 0 Å². The van der Waals surface area contributed by atoms with Crippen LogP contribution >= 0.6 is 0 Å². The molecule has 0 radical (unpaired) electrons. The molecule has 0 nitrogen and oxygen atoms in total. The monoisotopic (exact) mass is 1560 g/mol. The molecule has 9 aromatic rings. The second kappa shape index (κ2) is 32.6. The lowest BCUT2D eigenvalue weighted by Crippen LogP contribution is -2.23. The summed E-state index contributed by atoms with van der Waals surface area (Å²) in [6, 6.07) is 93.5. The Balaban J connectivity index is 0.000000109. The van der Waals surface area contributed by atoms with Gasteiger partial charge >= 0.3 is 0 Å². The average molecular weight is 1560 g/mol. The molecule has 15 aliphatic rings. The molecule has 8 bridgehead atoms. The fraction of sp³-hybridized carbons (Fsp3) is 0.514. The Morgan fingerprint density at radius 3 is 0.719 bits per heavy atom. The van der Waals surface area contributed by atoms with Crippen LogP contribution in [0.4, 0.5) is 0 Å². The van der Waals surface area contributed by atoms with Gasteiger partial charge in [-0.15, -0.1) is 0 Å². The molecule has 3 heteroatoms. The summed E-state index contributed by atoms with van der Waals surface area (Å²) in [6.45, 7) is 0. The molecule has 0 aromatic heterocycles. The molecule has 15 aliphatic carbocycles. The summed E-state index contributed by atoms with van der Waals surface area (Å²) in [5.74, 6) is 23.3. The topological polar surface area (TPSA) is 0 Å². The van der Waals surface area contributed by atoms with E-state index in [-0.39, 0.29) is 32.7 Å². The van der Waals surface area contributed by atoms with E-state index in [0.29, 0.717) is 0 Å². The number of hydrogen-bond donors (Lipinski definition) is 0. The van der Waals surface area contributed by atoms with Crippen LogP contribution in [0.15, 0.2) is 281 Å². The first kappa shape index (κ1) is 74.3. The van der Waals surface area contributed by atoms with Gasteiger partial charge in [0.2, 0.25) is 0 Å². The molecule has 24 rings (SSSR count). The van der Waals surface area contributed by atoms with Gasteiger partial charge in [-0.3, -0.25) is 0 Å². The summed E-state index contributed by atoms with van der Waals surface area (Å²) in [7, 11) is -0.144. The van der Waals surface area contributed by atoms with E-state index in [9.17, 15) is 0 Å². The van der Waals surface area contributed by atoms with Gasteiger partial charge in [0, 0.05) is 0 Å². The van der Waals surface area contributed by atoms with Crippen molar-refractivity contribution in [2.45, 2.75) is 291 Å². The second-order valence-corrected chi connectivity index (χ2v) is 46.4. The van der Waals surface area contributed by atoms with E-state index >= 15 is 0 Å². The summed E-state index contributed by atoms with van der Waals surface area (Å²) < 4.78 is 0. The lowest BCUT2D eigenvalue weighted by Gasteiger charge is -2.32. The van der Waals surface area contributed by atoms with Crippen LogP contribution in [0.3, 0.4) is 0 Å². The molecule has 15 saturated carbocycles. The van der Waals surface area contributed by atoms with Gasteiger partial charge in [-0.05, 0) is 419 Å². The Bertz CT molecular complexity index is 4430. The van der Waals surface area contributed by atoms with Gasteiger partial charge in [-0.2, -0.15) is 0 Å². The number of rotatable bonds is 15. The Labute approximate surface area is 695 Å². The minimum atomic E-state index is -0.0622. The van der Waals surface area contributed by atoms with Crippen molar-refractivity contribution in [2.75, 3.05) is 0 Å². The van der Waals surface area contributed by atoms with Crippen LogP contribution in [-0.4, -0.2) is 0 Å². The van der Waals surface area contributed by atoms with Crippen molar-refractivity contribution in [3.05, 3.63) is 270 Å². The van der Waals surface area contributed by atoms with E-state index < -0.39 is 0 Å². The van der Waals surface area contributed by atoms with Crippen LogP contribution in [0.1, 0.15) is 281 Å². The molecule has 0 aliphatic heterocycles. The maximum Gasteiger partial charge on any atom is 0.166 e. The van der Waals surface area contributed by atoms with E-state index in [2.05, 4.69) is 237 Å². The summed E-state index contributed by atoms with van der Waals surface area (Å²) >= 11 is 0. The van der Waals surface area contributed by atoms with Crippen LogP contribution in [0.5, 0.6) is 0 Å². The standard InChI is InChI=1S/C48H57S.C37H43S.C26H29S/c1-4-37-31-22-43(46(25-31)40(37)7-1)28-10-16-34(17-11-28)49(35-18-12-29(13-19-35)44-23-32-26-47(44)41-8-2-5-38(32)41)36-20-14-30(15-21-36)45-24-33-27-48(45)42-9-3-6-39(33)42;1-2-8-31(9-3-1)38(32-18-14-26(15-19-32)29-13-12-25-6-4-7-28(25)22-29)33-20-16-27(17-21-33)36-23-30-24-37(36)35-11-5-10-34(30)35;1-2-6-12-22(13-7-3-1)23-18-20-26(21-19-23)27(24-14-8-4-9-15-24)25-16-10-5-11-17-25/h10-21,31-33,37-48H,1-9,22-27H2;1-3,8-9,14-21,25,28-30,34-37H,4-7,10-13,22-24H2;4-5,8-11,14-22H,1-3,6-7,12-13H2/q3*+1. The molecule has 0 spiro atoms. The first-order chi connectivity index (χ1) is 56.5. The highest BCUT2D eigenvalue weighted by Gasteiger charge is 2.58. The Kier molecular flexibility index (Phi) is 21.3. The summed E-state index contributed by atoms with van der Waals surface area (Å²) in [5.41, 5.74) is 9.72. The van der Waals surface area contributed by atoms with E-state index in [1.807, 2.05) is 0 Å². The zero-order valence-corrected chi connectivity index (χ0v) is 70.9. The predicted molar refractivity (Wildman–Crippen MR) is 476 cm³/mol. The lowest BCUT2D eigenvalue weighted by atomic mass is 9.73. The van der Waals surface area contributed by atoms with Gasteiger partial charge in [-0.1, -0.05) is 204 Å². The van der Waals surface area contributed by atoms with E-state index in [4.69, 9.17) is 0 Å². The molecule has 0 saturated heterocycles. The first-order valence-corrected chi connectivity index (χ1v) is 51.1. The fourth-order valence-electron chi connectivity index (χ4n) is 30.7. The molecule has 0 heterocycles. The Morgan fingerprint density at radius 2 is 0.404 bits per heavy atom. The molecular weight excluding hydrogens is 1430 g/mol. The zero-order chi connectivity index (χ0) is 75.2. The number of benzene rings is 9. The molecule has 24 atom stereocenters. The van der Waals surface area contributed by atoms with Gasteiger partial charge in [0.05, 0.1) is 32.7 Å². The van der Waals surface area contributed by atoms with Crippen LogP contribution in [-0.2, 0) is 32.7 Å². The highest BCUT2D eigenvalue weighted by molar-refractivity contribution is 7.97. The van der Waals surface area contributed by atoms with E-state index in [1.54, 1.807) is 33.4 Å². The highest BCUT2D eigenvalue weighted by Crippen LogP contribution is 2.68. The smallest absolute Gasteiger partial charge is 0.0619 e. The second-order valence-electron chi connectivity index (χ2n) is 40.3. The molecule has 588 valence electrons. The predicted octanol–water partition coefficient (Wildman–Crippen LogP) is 30.0. The maximum atomic E-state index is 2.58. The van der Waals surface area contributed by atoms with Gasteiger partial charge in [0.1, 0.15) is 0 Å². The van der Waals surface area contributed by atoms with E-state index in [1.165, 1.54) is 256 Å². The quantitative estimate of drug-likeness (QED) is 0.0898. The van der Waals surface area contributed by atoms with Crippen molar-refractivity contribution < 1.29 is 0 Å². The van der Waals surface area contributed by atoms with Crippen LogP contribution < -0.4 is 0 Å². The molecule has 0 amide bonds. The third-order valence-electron chi connectivity index (χ3n) is 35.4. The summed E-state index contributed by atoms with van der Waals surface area (Å²) in [4.78, 5) is 13.1. The third-order valence-corrected chi connectivity index (χ3v) is 42.1. The fourth-order valence-corrected chi connectivity index (χ4v) is 36.8. The van der Waals surface area contributed by atoms with Crippen molar-refractivity contribution in [3.8, 4) is 0 Å². The number of hydrogen-bond acceptors (Lipinski definition) is 0. The SMILES string of the molecule is c1cc([S+](c2ccc(C3CC4CC3C3CCCC43)cc2)c2ccc(C3CC4CC3C3CCCC43)cc2)ccc1C1CC2CC1C1CCCC21.c1ccc([S+](c2ccc(C3CCC4CCCC4C3)cc2)c2ccc(C3CC4CC3C3CCCC43)cc2)cc1.c1ccc([S+](c2ccccc2)c2ccc(C3CCCCCCC3)cc2)cc1. The zero-order valence-electron chi connectivity index (χ0n) is 68.4. The van der Waals surface area contributed by atoms with Crippen molar-refractivity contribution >= 4 is 32.7 Å². The Hall–Kier alpha value is -5.97. The van der Waals surface area contributed by atoms with Crippen LogP contribution in [0, 0.1) is 107 Å². The molecule has 24 unspecified atom stereocenters. The average Bonchev–Trinajstić information content (AvgIpc) is 1.60. The van der Waals surface area contributed by atoms with Crippen LogP contribution in [0.25, 0.3) is 0 Å².